The van der Waals surface area contributed by atoms with Crippen LogP contribution in [0.15, 0.2) is 59.6 Å². The highest BCUT2D eigenvalue weighted by molar-refractivity contribution is 7.90. The van der Waals surface area contributed by atoms with Crippen LogP contribution >= 0.6 is 0 Å². The second-order valence-corrected chi connectivity index (χ2v) is 8.80. The summed E-state index contributed by atoms with van der Waals surface area (Å²) in [5.74, 6) is -1.23. The van der Waals surface area contributed by atoms with Crippen molar-refractivity contribution in [1.82, 2.24) is 3.97 Å². The molecule has 0 radical (unpaired) electrons. The van der Waals surface area contributed by atoms with Gasteiger partial charge in [0.15, 0.2) is 0 Å². The van der Waals surface area contributed by atoms with Crippen molar-refractivity contribution in [3.8, 4) is 11.3 Å². The number of carbonyl (C=O) groups is 1. The van der Waals surface area contributed by atoms with E-state index in [0.29, 0.717) is 17.7 Å². The highest BCUT2D eigenvalue weighted by atomic mass is 32.2. The number of hydrogen-bond acceptors (Lipinski definition) is 4. The fourth-order valence-electron chi connectivity index (χ4n) is 3.86. The van der Waals surface area contributed by atoms with Crippen LogP contribution in [-0.4, -0.2) is 25.5 Å². The number of aromatic nitrogens is 1. The summed E-state index contributed by atoms with van der Waals surface area (Å²) in [6.07, 6.45) is 4.42. The van der Waals surface area contributed by atoms with Gasteiger partial charge in [0.05, 0.1) is 23.3 Å². The van der Waals surface area contributed by atoms with E-state index < -0.39 is 21.8 Å². The minimum Gasteiger partial charge on any atom is -0.465 e. The number of esters is 1. The van der Waals surface area contributed by atoms with Crippen LogP contribution in [0.2, 0.25) is 0 Å². The summed E-state index contributed by atoms with van der Waals surface area (Å²) in [4.78, 5) is 12.3. The molecular weight excluding hydrogens is 393 g/mol. The molecule has 0 aliphatic heterocycles. The number of carbonyl (C=O) groups excluding carboxylic acids is 1. The molecule has 0 spiro atoms. The predicted molar refractivity (Wildman–Crippen MR) is 107 cm³/mol. The molecule has 0 atom stereocenters. The van der Waals surface area contributed by atoms with Crippen LogP contribution in [0.5, 0.6) is 0 Å². The van der Waals surface area contributed by atoms with Crippen molar-refractivity contribution in [2.45, 2.75) is 30.6 Å². The van der Waals surface area contributed by atoms with Gasteiger partial charge in [-0.25, -0.2) is 21.6 Å². The Balaban J connectivity index is 2.05. The number of benzene rings is 2. The monoisotopic (exact) mass is 413 g/mol. The molecular formula is C22H20FNO4S. The van der Waals surface area contributed by atoms with E-state index in [1.54, 1.807) is 0 Å². The smallest absolute Gasteiger partial charge is 0.339 e. The van der Waals surface area contributed by atoms with Crippen LogP contribution in [0.25, 0.3) is 11.3 Å². The summed E-state index contributed by atoms with van der Waals surface area (Å²) in [7, 11) is -2.86. The summed E-state index contributed by atoms with van der Waals surface area (Å²) in [6.45, 7) is 0. The normalized spacial score (nSPS) is 13.7. The largest absolute Gasteiger partial charge is 0.465 e. The summed E-state index contributed by atoms with van der Waals surface area (Å²) in [5, 5.41) is 0. The second kappa shape index (κ2) is 7.48. The van der Waals surface area contributed by atoms with Gasteiger partial charge in [-0.05, 0) is 55.0 Å². The molecule has 0 saturated heterocycles. The fraction of sp³-hybridized carbons (Fsp3) is 0.227. The van der Waals surface area contributed by atoms with Gasteiger partial charge in [-0.15, -0.1) is 0 Å². The van der Waals surface area contributed by atoms with Crippen molar-refractivity contribution in [3.63, 3.8) is 0 Å². The van der Waals surface area contributed by atoms with Gasteiger partial charge in [0.1, 0.15) is 5.82 Å². The maximum absolute atomic E-state index is 13.8. The number of ether oxygens (including phenoxy) is 1. The standard InChI is InChI=1S/C22H20FNO4S/c1-28-22(25)20-14-24(29(26,27)17-10-6-9-16(23)13-17)21-18-11-4-2-7-15(18)8-3-5-12-19(20)21/h2,4,6-7,9-11,13-14H,3,5,8,12H2,1H3. The van der Waals surface area contributed by atoms with Gasteiger partial charge in [0.25, 0.3) is 10.0 Å². The maximum Gasteiger partial charge on any atom is 0.339 e. The Morgan fingerprint density at radius 1 is 1.07 bits per heavy atom. The van der Waals surface area contributed by atoms with E-state index in [2.05, 4.69) is 0 Å². The van der Waals surface area contributed by atoms with Gasteiger partial charge in [-0.1, -0.05) is 30.3 Å². The third kappa shape index (κ3) is 3.35. The number of halogens is 1. The Labute approximate surface area is 168 Å². The first kappa shape index (κ1) is 19.4. The molecule has 7 heteroatoms. The number of fused-ring (bicyclic) bond motifs is 3. The predicted octanol–water partition coefficient (Wildman–Crippen LogP) is 4.20. The molecule has 150 valence electrons. The molecule has 4 rings (SSSR count). The van der Waals surface area contributed by atoms with Crippen molar-refractivity contribution in [3.05, 3.63) is 77.2 Å². The molecule has 29 heavy (non-hydrogen) atoms. The molecule has 1 aromatic heterocycles. The van der Waals surface area contributed by atoms with Crippen LogP contribution in [0.3, 0.4) is 0 Å². The Bertz CT molecular complexity index is 1200. The second-order valence-electron chi connectivity index (χ2n) is 6.98. The average Bonchev–Trinajstić information content (AvgIpc) is 3.08. The summed E-state index contributed by atoms with van der Waals surface area (Å²) in [5.41, 5.74) is 3.09. The number of hydrogen-bond donors (Lipinski definition) is 0. The maximum atomic E-state index is 13.8. The zero-order valence-electron chi connectivity index (χ0n) is 15.9. The lowest BCUT2D eigenvalue weighted by Crippen LogP contribution is -2.15. The zero-order chi connectivity index (χ0) is 20.6. The number of methoxy groups -OCH3 is 1. The third-order valence-corrected chi connectivity index (χ3v) is 6.89. The Hall–Kier alpha value is -2.93. The van der Waals surface area contributed by atoms with E-state index in [9.17, 15) is 17.6 Å². The number of rotatable bonds is 3. The number of nitrogens with zero attached hydrogens (tertiary/aromatic N) is 1. The molecule has 1 aliphatic carbocycles. The van der Waals surface area contributed by atoms with Crippen molar-refractivity contribution in [2.24, 2.45) is 0 Å². The van der Waals surface area contributed by atoms with Crippen molar-refractivity contribution in [1.29, 1.82) is 0 Å². The molecule has 3 aromatic rings. The fourth-order valence-corrected chi connectivity index (χ4v) is 5.29. The molecule has 0 unspecified atom stereocenters. The van der Waals surface area contributed by atoms with E-state index >= 15 is 0 Å². The molecule has 1 aliphatic rings. The van der Waals surface area contributed by atoms with E-state index in [1.165, 1.54) is 31.5 Å². The van der Waals surface area contributed by atoms with Gasteiger partial charge in [0.2, 0.25) is 0 Å². The Kier molecular flexibility index (Phi) is 5.00. The number of aryl methyl sites for hydroxylation is 1. The molecule has 5 nitrogen and oxygen atoms in total. The van der Waals surface area contributed by atoms with E-state index in [-0.39, 0.29) is 10.5 Å². The van der Waals surface area contributed by atoms with Gasteiger partial charge >= 0.3 is 5.97 Å². The summed E-state index contributed by atoms with van der Waals surface area (Å²) >= 11 is 0. The lowest BCUT2D eigenvalue weighted by molar-refractivity contribution is 0.0599. The van der Waals surface area contributed by atoms with E-state index in [0.717, 1.165) is 40.4 Å². The first-order valence-corrected chi connectivity index (χ1v) is 10.8. The van der Waals surface area contributed by atoms with Gasteiger partial charge in [0, 0.05) is 11.8 Å². The molecule has 1 heterocycles. The Morgan fingerprint density at radius 2 is 1.83 bits per heavy atom. The molecule has 0 saturated carbocycles. The molecule has 0 bridgehead atoms. The Morgan fingerprint density at radius 3 is 2.59 bits per heavy atom. The first-order chi connectivity index (χ1) is 13.9. The average molecular weight is 413 g/mol. The minimum atomic E-state index is -4.13. The third-order valence-electron chi connectivity index (χ3n) is 5.23. The van der Waals surface area contributed by atoms with Crippen LogP contribution in [0, 0.1) is 5.82 Å². The topological polar surface area (TPSA) is 65.4 Å². The zero-order valence-corrected chi connectivity index (χ0v) is 16.7. The van der Waals surface area contributed by atoms with Crippen molar-refractivity contribution >= 4 is 16.0 Å². The minimum absolute atomic E-state index is 0.175. The molecule has 0 fully saturated rings. The van der Waals surface area contributed by atoms with Crippen LogP contribution in [0.1, 0.15) is 34.3 Å². The van der Waals surface area contributed by atoms with Crippen molar-refractivity contribution in [2.75, 3.05) is 7.11 Å². The first-order valence-electron chi connectivity index (χ1n) is 9.35. The van der Waals surface area contributed by atoms with Gasteiger partial charge in [-0.3, -0.25) is 0 Å². The highest BCUT2D eigenvalue weighted by Gasteiger charge is 2.30. The van der Waals surface area contributed by atoms with Crippen LogP contribution in [0.4, 0.5) is 4.39 Å². The van der Waals surface area contributed by atoms with Crippen LogP contribution in [-0.2, 0) is 27.6 Å². The molecule has 2 aromatic carbocycles. The van der Waals surface area contributed by atoms with Gasteiger partial charge < -0.3 is 4.74 Å². The summed E-state index contributed by atoms with van der Waals surface area (Å²) in [6, 6.07) is 12.4. The lowest BCUT2D eigenvalue weighted by Gasteiger charge is -2.18. The van der Waals surface area contributed by atoms with E-state index in [1.807, 2.05) is 24.3 Å². The lowest BCUT2D eigenvalue weighted by atomic mass is 9.91. The molecule has 0 N–H and O–H groups in total. The quantitative estimate of drug-likeness (QED) is 0.604. The van der Waals surface area contributed by atoms with Gasteiger partial charge in [-0.2, -0.15) is 0 Å². The molecule has 0 amide bonds. The summed E-state index contributed by atoms with van der Waals surface area (Å²) < 4.78 is 46.6. The highest BCUT2D eigenvalue weighted by Crippen LogP contribution is 2.37. The van der Waals surface area contributed by atoms with E-state index in [4.69, 9.17) is 4.74 Å². The van der Waals surface area contributed by atoms with Crippen LogP contribution < -0.4 is 0 Å². The SMILES string of the molecule is COC(=O)c1cn(S(=O)(=O)c2cccc(F)c2)c2c1CCCCc1ccccc1-2. The van der Waals surface area contributed by atoms with Crippen molar-refractivity contribution < 1.29 is 22.3 Å².